The molecule has 1 aliphatic rings. The number of hydrogen-bond acceptors (Lipinski definition) is 4. The summed E-state index contributed by atoms with van der Waals surface area (Å²) in [5, 5.41) is 3.50. The van der Waals surface area contributed by atoms with Gasteiger partial charge in [-0.3, -0.25) is 14.2 Å². The molecule has 0 fully saturated rings. The van der Waals surface area contributed by atoms with Crippen LogP contribution >= 0.6 is 11.8 Å². The molecule has 0 spiro atoms. The third kappa shape index (κ3) is 4.59. The predicted molar refractivity (Wildman–Crippen MR) is 116 cm³/mol. The van der Waals surface area contributed by atoms with Crippen LogP contribution < -0.4 is 10.9 Å². The van der Waals surface area contributed by atoms with E-state index in [1.807, 2.05) is 61.5 Å². The molecule has 1 aromatic heterocycles. The van der Waals surface area contributed by atoms with Crippen molar-refractivity contribution in [2.75, 3.05) is 5.32 Å². The molecule has 0 saturated heterocycles. The molecule has 148 valence electrons. The van der Waals surface area contributed by atoms with E-state index >= 15 is 0 Å². The molecule has 6 heteroatoms. The highest BCUT2D eigenvalue weighted by molar-refractivity contribution is 7.98. The lowest BCUT2D eigenvalue weighted by atomic mass is 10.2. The minimum absolute atomic E-state index is 0.0375. The summed E-state index contributed by atoms with van der Waals surface area (Å²) in [6, 6.07) is 17.7. The molecule has 0 radical (unpaired) electrons. The van der Waals surface area contributed by atoms with Crippen LogP contribution in [0, 0.1) is 6.92 Å². The van der Waals surface area contributed by atoms with E-state index in [0.29, 0.717) is 10.9 Å². The maximum absolute atomic E-state index is 13.1. The SMILES string of the molecule is Cc1cccc(NC(=O)Cn2c(SCc3ccccc3)nc3c(c2=O)CCC3)c1. The standard InChI is InChI=1S/C23H23N3O2S/c1-16-7-5-10-18(13-16)24-21(27)14-26-22(28)19-11-6-12-20(19)25-23(26)29-15-17-8-3-2-4-9-17/h2-5,7-10,13H,6,11-12,14-15H2,1H3,(H,24,27). The molecule has 0 saturated carbocycles. The number of thioether (sulfide) groups is 1. The minimum atomic E-state index is -0.223. The van der Waals surface area contributed by atoms with Gasteiger partial charge < -0.3 is 5.32 Å². The van der Waals surface area contributed by atoms with E-state index in [2.05, 4.69) is 5.32 Å². The Balaban J connectivity index is 1.58. The van der Waals surface area contributed by atoms with Gasteiger partial charge in [0, 0.05) is 17.0 Å². The minimum Gasteiger partial charge on any atom is -0.325 e. The quantitative estimate of drug-likeness (QED) is 0.498. The highest BCUT2D eigenvalue weighted by atomic mass is 32.2. The van der Waals surface area contributed by atoms with Gasteiger partial charge in [-0.1, -0.05) is 54.2 Å². The van der Waals surface area contributed by atoms with E-state index in [1.54, 1.807) is 0 Å². The van der Waals surface area contributed by atoms with E-state index in [9.17, 15) is 9.59 Å². The van der Waals surface area contributed by atoms with Crippen LogP contribution in [-0.2, 0) is 29.9 Å². The van der Waals surface area contributed by atoms with Crippen LogP contribution in [0.3, 0.4) is 0 Å². The molecular weight excluding hydrogens is 382 g/mol. The first-order valence-electron chi connectivity index (χ1n) is 9.76. The van der Waals surface area contributed by atoms with Gasteiger partial charge in [-0.2, -0.15) is 0 Å². The van der Waals surface area contributed by atoms with Gasteiger partial charge in [-0.25, -0.2) is 4.98 Å². The molecule has 1 N–H and O–H groups in total. The second-order valence-electron chi connectivity index (χ2n) is 7.26. The van der Waals surface area contributed by atoms with Gasteiger partial charge in [0.25, 0.3) is 5.56 Å². The van der Waals surface area contributed by atoms with E-state index in [-0.39, 0.29) is 18.0 Å². The Morgan fingerprint density at radius 2 is 1.97 bits per heavy atom. The Morgan fingerprint density at radius 1 is 1.14 bits per heavy atom. The van der Waals surface area contributed by atoms with Crippen molar-refractivity contribution < 1.29 is 4.79 Å². The fourth-order valence-electron chi connectivity index (χ4n) is 3.55. The van der Waals surface area contributed by atoms with E-state index in [4.69, 9.17) is 4.98 Å². The van der Waals surface area contributed by atoms with Gasteiger partial charge in [-0.15, -0.1) is 0 Å². The monoisotopic (exact) mass is 405 g/mol. The van der Waals surface area contributed by atoms with Crippen LogP contribution in [0.4, 0.5) is 5.69 Å². The van der Waals surface area contributed by atoms with Crippen LogP contribution in [0.25, 0.3) is 0 Å². The van der Waals surface area contributed by atoms with Crippen molar-refractivity contribution in [2.45, 2.75) is 43.6 Å². The number of benzene rings is 2. The second-order valence-corrected chi connectivity index (χ2v) is 8.20. The maximum atomic E-state index is 13.1. The summed E-state index contributed by atoms with van der Waals surface area (Å²) in [6.07, 6.45) is 2.52. The summed E-state index contributed by atoms with van der Waals surface area (Å²) in [7, 11) is 0. The molecule has 3 aromatic rings. The summed E-state index contributed by atoms with van der Waals surface area (Å²) < 4.78 is 1.53. The van der Waals surface area contributed by atoms with Crippen molar-refractivity contribution in [3.8, 4) is 0 Å². The molecule has 0 bridgehead atoms. The normalized spacial score (nSPS) is 12.6. The van der Waals surface area contributed by atoms with Crippen molar-refractivity contribution in [2.24, 2.45) is 0 Å². The average Bonchev–Trinajstić information content (AvgIpc) is 3.18. The van der Waals surface area contributed by atoms with E-state index in [0.717, 1.165) is 47.3 Å². The van der Waals surface area contributed by atoms with E-state index < -0.39 is 0 Å². The van der Waals surface area contributed by atoms with Gasteiger partial charge in [0.05, 0.1) is 5.69 Å². The summed E-state index contributed by atoms with van der Waals surface area (Å²) in [5.41, 5.74) is 4.53. The number of fused-ring (bicyclic) bond motifs is 1. The van der Waals surface area contributed by atoms with Gasteiger partial charge in [0.1, 0.15) is 6.54 Å². The van der Waals surface area contributed by atoms with Crippen LogP contribution in [0.15, 0.2) is 64.5 Å². The number of rotatable bonds is 6. The lowest BCUT2D eigenvalue weighted by Crippen LogP contribution is -2.32. The molecule has 0 atom stereocenters. The Hall–Kier alpha value is -2.86. The zero-order valence-corrected chi connectivity index (χ0v) is 17.2. The Labute approximate surface area is 174 Å². The van der Waals surface area contributed by atoms with Crippen molar-refractivity contribution in [3.05, 3.63) is 87.3 Å². The van der Waals surface area contributed by atoms with Crippen molar-refractivity contribution >= 4 is 23.4 Å². The van der Waals surface area contributed by atoms with Crippen LogP contribution in [0.5, 0.6) is 0 Å². The van der Waals surface area contributed by atoms with Crippen LogP contribution in [0.2, 0.25) is 0 Å². The Morgan fingerprint density at radius 3 is 2.76 bits per heavy atom. The number of anilines is 1. The number of nitrogens with zero attached hydrogens (tertiary/aromatic N) is 2. The van der Waals surface area contributed by atoms with Crippen LogP contribution in [-0.4, -0.2) is 15.5 Å². The van der Waals surface area contributed by atoms with Crippen molar-refractivity contribution in [3.63, 3.8) is 0 Å². The first-order valence-corrected chi connectivity index (χ1v) is 10.7. The molecule has 4 rings (SSSR count). The molecule has 5 nitrogen and oxygen atoms in total. The average molecular weight is 406 g/mol. The number of hydrogen-bond donors (Lipinski definition) is 1. The highest BCUT2D eigenvalue weighted by Crippen LogP contribution is 2.24. The number of nitrogens with one attached hydrogen (secondary N) is 1. The third-order valence-corrected chi connectivity index (χ3v) is 6.02. The molecule has 2 aromatic carbocycles. The smallest absolute Gasteiger partial charge is 0.258 e. The van der Waals surface area contributed by atoms with Crippen molar-refractivity contribution in [1.29, 1.82) is 0 Å². The Bertz CT molecular complexity index is 1090. The number of carbonyl (C=O) groups excluding carboxylic acids is 1. The summed E-state index contributed by atoms with van der Waals surface area (Å²) in [6.45, 7) is 1.94. The first kappa shape index (κ1) is 19.5. The molecule has 1 aliphatic carbocycles. The number of amides is 1. The lowest BCUT2D eigenvalue weighted by Gasteiger charge is -2.14. The van der Waals surface area contributed by atoms with Crippen molar-refractivity contribution in [1.82, 2.24) is 9.55 Å². The predicted octanol–water partition coefficient (Wildman–Crippen LogP) is 3.97. The summed E-state index contributed by atoms with van der Waals surface area (Å²) >= 11 is 1.50. The topological polar surface area (TPSA) is 64.0 Å². The maximum Gasteiger partial charge on any atom is 0.258 e. The van der Waals surface area contributed by atoms with Gasteiger partial charge in [0.2, 0.25) is 5.91 Å². The molecule has 1 amide bonds. The molecule has 1 heterocycles. The Kier molecular flexibility index (Phi) is 5.81. The molecular formula is C23H23N3O2S. The first-order chi connectivity index (χ1) is 14.1. The zero-order chi connectivity index (χ0) is 20.2. The molecule has 29 heavy (non-hydrogen) atoms. The number of aromatic nitrogens is 2. The fraction of sp³-hybridized carbons (Fsp3) is 0.261. The van der Waals surface area contributed by atoms with Crippen LogP contribution in [0.1, 0.15) is 28.8 Å². The van der Waals surface area contributed by atoms with Gasteiger partial charge >= 0.3 is 0 Å². The number of aryl methyl sites for hydroxylation is 2. The fourth-order valence-corrected chi connectivity index (χ4v) is 4.51. The van der Waals surface area contributed by atoms with Gasteiger partial charge in [-0.05, 0) is 49.4 Å². The largest absolute Gasteiger partial charge is 0.325 e. The highest BCUT2D eigenvalue weighted by Gasteiger charge is 2.22. The molecule has 0 unspecified atom stereocenters. The second kappa shape index (κ2) is 8.66. The van der Waals surface area contributed by atoms with E-state index in [1.165, 1.54) is 16.3 Å². The lowest BCUT2D eigenvalue weighted by molar-refractivity contribution is -0.116. The summed E-state index contributed by atoms with van der Waals surface area (Å²) in [4.78, 5) is 30.5. The molecule has 0 aliphatic heterocycles. The summed E-state index contributed by atoms with van der Waals surface area (Å²) in [5.74, 6) is 0.477. The zero-order valence-electron chi connectivity index (χ0n) is 16.4. The third-order valence-electron chi connectivity index (χ3n) is 4.97. The number of carbonyl (C=O) groups is 1. The van der Waals surface area contributed by atoms with Gasteiger partial charge in [0.15, 0.2) is 5.16 Å².